The molecular weight excluding hydrogens is 496 g/mol. The molecule has 5 nitrogen and oxygen atoms in total. The van der Waals surface area contributed by atoms with Gasteiger partial charge in [0, 0.05) is 16.7 Å². The Kier molecular flexibility index (Phi) is 7.21. The second kappa shape index (κ2) is 10.7. The molecule has 0 saturated carbocycles. The van der Waals surface area contributed by atoms with Crippen LogP contribution in [-0.4, -0.2) is 22.6 Å². The van der Waals surface area contributed by atoms with E-state index in [1.54, 1.807) is 0 Å². The summed E-state index contributed by atoms with van der Waals surface area (Å²) in [4.78, 5) is 17.2. The van der Waals surface area contributed by atoms with E-state index in [-0.39, 0.29) is 12.6 Å². The fourth-order valence-electron chi connectivity index (χ4n) is 4.82. The maximum Gasteiger partial charge on any atom is 0.338 e. The number of nitrogens with zero attached hydrogens (tertiary/aromatic N) is 2. The number of methoxy groups -OCH3 is 1. The molecule has 0 unspecified atom stereocenters. The highest BCUT2D eigenvalue weighted by atomic mass is 35.5. The Balaban J connectivity index is 1.45. The van der Waals surface area contributed by atoms with Crippen molar-refractivity contribution in [3.63, 3.8) is 0 Å². The van der Waals surface area contributed by atoms with E-state index >= 15 is 0 Å². The van der Waals surface area contributed by atoms with E-state index in [9.17, 15) is 4.79 Å². The van der Waals surface area contributed by atoms with Crippen molar-refractivity contribution in [1.29, 1.82) is 0 Å². The van der Waals surface area contributed by atoms with Crippen LogP contribution in [0.1, 0.15) is 38.4 Å². The fraction of sp³-hybridized carbons (Fsp3) is 0.188. The number of rotatable bonds is 7. The van der Waals surface area contributed by atoms with Gasteiger partial charge in [0.2, 0.25) is 0 Å². The number of esters is 1. The number of aryl methyl sites for hydroxylation is 3. The van der Waals surface area contributed by atoms with Crippen LogP contribution in [-0.2, 0) is 17.9 Å². The molecule has 0 bridgehead atoms. The number of carbonyl (C=O) groups excluding carboxylic acids is 1. The van der Waals surface area contributed by atoms with Gasteiger partial charge in [-0.2, -0.15) is 0 Å². The van der Waals surface area contributed by atoms with Crippen LogP contribution in [0.5, 0.6) is 5.75 Å². The molecule has 38 heavy (non-hydrogen) atoms. The second-order valence-corrected chi connectivity index (χ2v) is 9.82. The van der Waals surface area contributed by atoms with Crippen LogP contribution < -0.4 is 4.74 Å². The average molecular weight is 525 g/mol. The van der Waals surface area contributed by atoms with Gasteiger partial charge in [-0.25, -0.2) is 9.78 Å². The van der Waals surface area contributed by atoms with Crippen LogP contribution in [0.2, 0.25) is 5.02 Å². The predicted octanol–water partition coefficient (Wildman–Crippen LogP) is 7.70. The second-order valence-electron chi connectivity index (χ2n) is 9.41. The lowest BCUT2D eigenvalue weighted by molar-refractivity contribution is 0.0597. The van der Waals surface area contributed by atoms with Crippen molar-refractivity contribution >= 4 is 28.6 Å². The number of aromatic nitrogens is 2. The largest absolute Gasteiger partial charge is 0.489 e. The van der Waals surface area contributed by atoms with Crippen molar-refractivity contribution in [3.05, 3.63) is 118 Å². The summed E-state index contributed by atoms with van der Waals surface area (Å²) in [5.41, 5.74) is 8.32. The Morgan fingerprint density at radius 3 is 2.39 bits per heavy atom. The highest BCUT2D eigenvalue weighted by molar-refractivity contribution is 6.31. The smallest absolute Gasteiger partial charge is 0.338 e. The van der Waals surface area contributed by atoms with E-state index in [1.165, 1.54) is 7.11 Å². The third kappa shape index (κ3) is 5.02. The van der Waals surface area contributed by atoms with Crippen LogP contribution >= 0.6 is 11.6 Å². The van der Waals surface area contributed by atoms with Crippen molar-refractivity contribution in [2.45, 2.75) is 33.9 Å². The maximum absolute atomic E-state index is 12.3. The summed E-state index contributed by atoms with van der Waals surface area (Å²) in [7, 11) is 1.39. The third-order valence-corrected chi connectivity index (χ3v) is 7.19. The standard InChI is InChI=1S/C32H29ClN2O3/c1-20-9-8-12-26(30(20)32(36)37-4)19-38-27-15-21(2)31-29(17-27)35(22(3)34-31)18-25-14-13-24(16-28(25)33)23-10-6-5-7-11-23/h5-17H,18-19H2,1-4H3. The topological polar surface area (TPSA) is 53.4 Å². The molecule has 0 aliphatic carbocycles. The van der Waals surface area contributed by atoms with Gasteiger partial charge in [-0.3, -0.25) is 0 Å². The Bertz CT molecular complexity index is 1640. The Labute approximate surface area is 227 Å². The van der Waals surface area contributed by atoms with Crippen LogP contribution in [0.15, 0.2) is 78.9 Å². The van der Waals surface area contributed by atoms with Gasteiger partial charge in [0.15, 0.2) is 0 Å². The van der Waals surface area contributed by atoms with Gasteiger partial charge >= 0.3 is 5.97 Å². The summed E-state index contributed by atoms with van der Waals surface area (Å²) in [6.45, 7) is 6.76. The third-order valence-electron chi connectivity index (χ3n) is 6.84. The lowest BCUT2D eigenvalue weighted by atomic mass is 10.0. The summed E-state index contributed by atoms with van der Waals surface area (Å²) in [5.74, 6) is 1.24. The molecule has 5 rings (SSSR count). The van der Waals surface area contributed by atoms with Crippen LogP contribution in [0.3, 0.4) is 0 Å². The van der Waals surface area contributed by atoms with Crippen molar-refractivity contribution in [2.75, 3.05) is 7.11 Å². The van der Waals surface area contributed by atoms with Gasteiger partial charge in [0.1, 0.15) is 18.2 Å². The van der Waals surface area contributed by atoms with Crippen molar-refractivity contribution in [1.82, 2.24) is 9.55 Å². The number of hydrogen-bond acceptors (Lipinski definition) is 4. The Morgan fingerprint density at radius 2 is 1.66 bits per heavy atom. The molecule has 0 fully saturated rings. The summed E-state index contributed by atoms with van der Waals surface area (Å²) >= 11 is 6.75. The first kappa shape index (κ1) is 25.6. The van der Waals surface area contributed by atoms with E-state index in [0.29, 0.717) is 22.9 Å². The maximum atomic E-state index is 12.3. The van der Waals surface area contributed by atoms with Crippen molar-refractivity contribution in [2.24, 2.45) is 0 Å². The molecule has 5 aromatic rings. The first-order valence-electron chi connectivity index (χ1n) is 12.5. The number of hydrogen-bond donors (Lipinski definition) is 0. The van der Waals surface area contributed by atoms with E-state index in [4.69, 9.17) is 26.1 Å². The normalized spacial score (nSPS) is 11.1. The molecule has 0 radical (unpaired) electrons. The lowest BCUT2D eigenvalue weighted by Gasteiger charge is -2.14. The first-order valence-corrected chi connectivity index (χ1v) is 12.8. The zero-order valence-electron chi connectivity index (χ0n) is 21.9. The molecule has 0 aliphatic rings. The zero-order chi connectivity index (χ0) is 26.8. The fourth-order valence-corrected chi connectivity index (χ4v) is 5.06. The van der Waals surface area contributed by atoms with Crippen molar-refractivity contribution < 1.29 is 14.3 Å². The highest BCUT2D eigenvalue weighted by Crippen LogP contribution is 2.30. The van der Waals surface area contributed by atoms with Crippen LogP contribution in [0.4, 0.5) is 0 Å². The monoisotopic (exact) mass is 524 g/mol. The number of fused-ring (bicyclic) bond motifs is 1. The summed E-state index contributed by atoms with van der Waals surface area (Å²) in [6, 6.07) is 26.1. The van der Waals surface area contributed by atoms with Crippen LogP contribution in [0, 0.1) is 20.8 Å². The Morgan fingerprint density at radius 1 is 0.868 bits per heavy atom. The quantitative estimate of drug-likeness (QED) is 0.205. The molecule has 0 spiro atoms. The average Bonchev–Trinajstić information content (AvgIpc) is 3.24. The molecule has 0 saturated heterocycles. The summed E-state index contributed by atoms with van der Waals surface area (Å²) in [6.07, 6.45) is 0. The van der Waals surface area contributed by atoms with E-state index < -0.39 is 0 Å². The van der Waals surface area contributed by atoms with E-state index in [0.717, 1.165) is 50.2 Å². The van der Waals surface area contributed by atoms with Gasteiger partial charge in [-0.15, -0.1) is 0 Å². The number of benzene rings is 4. The summed E-state index contributed by atoms with van der Waals surface area (Å²) in [5, 5.41) is 0.714. The molecule has 4 aromatic carbocycles. The van der Waals surface area contributed by atoms with Gasteiger partial charge in [-0.05, 0) is 60.7 Å². The van der Waals surface area contributed by atoms with Gasteiger partial charge in [0.05, 0.1) is 30.3 Å². The molecule has 1 aromatic heterocycles. The predicted molar refractivity (Wildman–Crippen MR) is 152 cm³/mol. The minimum atomic E-state index is -0.364. The minimum absolute atomic E-state index is 0.247. The molecule has 0 amide bonds. The van der Waals surface area contributed by atoms with E-state index in [2.05, 4.69) is 28.8 Å². The molecule has 0 atom stereocenters. The molecule has 1 heterocycles. The first-order chi connectivity index (χ1) is 18.4. The van der Waals surface area contributed by atoms with Gasteiger partial charge in [-0.1, -0.05) is 72.3 Å². The number of carbonyl (C=O) groups is 1. The molecule has 0 aliphatic heterocycles. The number of halogens is 1. The number of ether oxygens (including phenoxy) is 2. The highest BCUT2D eigenvalue weighted by Gasteiger charge is 2.17. The molecular formula is C32H29ClN2O3. The molecule has 6 heteroatoms. The number of imidazole rings is 1. The van der Waals surface area contributed by atoms with Gasteiger partial charge < -0.3 is 14.0 Å². The van der Waals surface area contributed by atoms with Crippen LogP contribution in [0.25, 0.3) is 22.2 Å². The minimum Gasteiger partial charge on any atom is -0.489 e. The van der Waals surface area contributed by atoms with Gasteiger partial charge in [0.25, 0.3) is 0 Å². The zero-order valence-corrected chi connectivity index (χ0v) is 22.7. The SMILES string of the molecule is COC(=O)c1c(C)cccc1COc1cc(C)c2nc(C)n(Cc3ccc(-c4ccccc4)cc3Cl)c2c1. The Hall–Kier alpha value is -4.09. The summed E-state index contributed by atoms with van der Waals surface area (Å²) < 4.78 is 13.3. The van der Waals surface area contributed by atoms with Crippen molar-refractivity contribution in [3.8, 4) is 16.9 Å². The molecule has 192 valence electrons. The van der Waals surface area contributed by atoms with E-state index in [1.807, 2.05) is 75.4 Å². The molecule has 0 N–H and O–H groups in total. The lowest BCUT2D eigenvalue weighted by Crippen LogP contribution is -2.10.